The number of hydrogen-bond donors (Lipinski definition) is 3. The molecule has 0 heterocycles. The molecule has 0 spiro atoms. The summed E-state index contributed by atoms with van der Waals surface area (Å²) in [6, 6.07) is 5.44. The van der Waals surface area contributed by atoms with E-state index in [4.69, 9.17) is 10.8 Å². The third kappa shape index (κ3) is 2.37. The summed E-state index contributed by atoms with van der Waals surface area (Å²) in [6.45, 7) is 1.76. The molecule has 70 valence electrons. The number of nitrogens with one attached hydrogen (secondary N) is 1. The van der Waals surface area contributed by atoms with Gasteiger partial charge in [-0.2, -0.15) is 0 Å². The molecule has 0 saturated heterocycles. The third-order valence-electron chi connectivity index (χ3n) is 1.72. The van der Waals surface area contributed by atoms with Crippen molar-refractivity contribution in [3.63, 3.8) is 0 Å². The minimum absolute atomic E-state index is 0.116. The van der Waals surface area contributed by atoms with Crippen molar-refractivity contribution in [1.29, 1.82) is 0 Å². The maximum absolute atomic E-state index is 10.3. The largest absolute Gasteiger partial charge is 0.480 e. The van der Waals surface area contributed by atoms with Crippen LogP contribution in [0.3, 0.4) is 0 Å². The van der Waals surface area contributed by atoms with Gasteiger partial charge in [-0.05, 0) is 18.6 Å². The number of nitrogen functional groups attached to an aromatic ring is 1. The first kappa shape index (κ1) is 9.38. The van der Waals surface area contributed by atoms with Gasteiger partial charge in [0.1, 0.15) is 6.54 Å². The Kier molecular flexibility index (Phi) is 2.74. The molecule has 0 unspecified atom stereocenters. The number of hydrogen-bond acceptors (Lipinski definition) is 3. The maximum Gasteiger partial charge on any atom is 0.322 e. The number of rotatable bonds is 3. The lowest BCUT2D eigenvalue weighted by molar-refractivity contribution is -0.134. The van der Waals surface area contributed by atoms with Crippen LogP contribution in [-0.2, 0) is 4.79 Å². The van der Waals surface area contributed by atoms with Crippen LogP contribution in [0.15, 0.2) is 18.2 Å². The number of anilines is 2. The van der Waals surface area contributed by atoms with Gasteiger partial charge in [0.15, 0.2) is 0 Å². The molecular formula is C9H12N2O2. The van der Waals surface area contributed by atoms with Crippen LogP contribution in [0, 0.1) is 6.92 Å². The molecule has 4 nitrogen and oxygen atoms in total. The van der Waals surface area contributed by atoms with Gasteiger partial charge < -0.3 is 16.2 Å². The van der Waals surface area contributed by atoms with Crippen LogP contribution in [0.4, 0.5) is 11.4 Å². The van der Waals surface area contributed by atoms with E-state index < -0.39 is 5.97 Å². The molecule has 13 heavy (non-hydrogen) atoms. The lowest BCUT2D eigenvalue weighted by atomic mass is 10.1. The second kappa shape index (κ2) is 3.80. The molecule has 0 aliphatic carbocycles. The Bertz CT molecular complexity index is 303. The Labute approximate surface area is 76.4 Å². The molecule has 0 amide bonds. The van der Waals surface area contributed by atoms with E-state index in [1.165, 1.54) is 0 Å². The first-order valence-electron chi connectivity index (χ1n) is 3.92. The topological polar surface area (TPSA) is 75.3 Å². The summed E-state index contributed by atoms with van der Waals surface area (Å²) in [6.07, 6.45) is 0. The number of aryl methyl sites for hydroxylation is 1. The second-order valence-electron chi connectivity index (χ2n) is 2.79. The first-order chi connectivity index (χ1) is 6.11. The van der Waals surface area contributed by atoms with E-state index in [1.807, 2.05) is 19.1 Å². The summed E-state index contributed by atoms with van der Waals surface area (Å²) >= 11 is 0. The molecule has 0 bridgehead atoms. The zero-order valence-corrected chi connectivity index (χ0v) is 7.37. The van der Waals surface area contributed by atoms with Crippen LogP contribution in [-0.4, -0.2) is 17.6 Å². The van der Waals surface area contributed by atoms with Gasteiger partial charge in [-0.25, -0.2) is 0 Å². The summed E-state index contributed by atoms with van der Waals surface area (Å²) in [5.41, 5.74) is 7.87. The number of carboxylic acids is 1. The Morgan fingerprint density at radius 3 is 2.85 bits per heavy atom. The summed E-state index contributed by atoms with van der Waals surface area (Å²) in [7, 11) is 0. The van der Waals surface area contributed by atoms with Crippen molar-refractivity contribution < 1.29 is 9.90 Å². The Morgan fingerprint density at radius 2 is 2.31 bits per heavy atom. The molecule has 0 aliphatic rings. The third-order valence-corrected chi connectivity index (χ3v) is 1.72. The fourth-order valence-corrected chi connectivity index (χ4v) is 1.10. The van der Waals surface area contributed by atoms with Gasteiger partial charge in [0.25, 0.3) is 0 Å². The normalized spacial score (nSPS) is 9.62. The van der Waals surface area contributed by atoms with Crippen molar-refractivity contribution in [2.45, 2.75) is 6.92 Å². The monoisotopic (exact) mass is 180 g/mol. The van der Waals surface area contributed by atoms with Crippen molar-refractivity contribution >= 4 is 17.3 Å². The van der Waals surface area contributed by atoms with Gasteiger partial charge >= 0.3 is 5.97 Å². The van der Waals surface area contributed by atoms with Crippen molar-refractivity contribution in [2.24, 2.45) is 0 Å². The number of aliphatic carboxylic acids is 1. The van der Waals surface area contributed by atoms with Gasteiger partial charge in [0.05, 0.1) is 11.4 Å². The molecule has 0 atom stereocenters. The quantitative estimate of drug-likeness (QED) is 0.608. The van der Waals surface area contributed by atoms with Crippen LogP contribution in [0.2, 0.25) is 0 Å². The Hall–Kier alpha value is -1.71. The average Bonchev–Trinajstić information content (AvgIpc) is 2.03. The van der Waals surface area contributed by atoms with Crippen molar-refractivity contribution in [2.75, 3.05) is 17.6 Å². The fourth-order valence-electron chi connectivity index (χ4n) is 1.10. The first-order valence-corrected chi connectivity index (χ1v) is 3.92. The molecular weight excluding hydrogens is 168 g/mol. The van der Waals surface area contributed by atoms with Gasteiger partial charge in [-0.15, -0.1) is 0 Å². The highest BCUT2D eigenvalue weighted by atomic mass is 16.4. The standard InChI is InChI=1S/C9H12N2O2/c1-6-3-2-4-7(10)9(6)11-5-8(12)13/h2-4,11H,5,10H2,1H3,(H,12,13). The number of benzene rings is 1. The zero-order chi connectivity index (χ0) is 9.84. The summed E-state index contributed by atoms with van der Waals surface area (Å²) < 4.78 is 0. The molecule has 0 radical (unpaired) electrons. The molecule has 1 aromatic rings. The lowest BCUT2D eigenvalue weighted by Crippen LogP contribution is -2.14. The molecule has 0 aromatic heterocycles. The van der Waals surface area contributed by atoms with E-state index in [0.29, 0.717) is 11.4 Å². The number of nitrogens with two attached hydrogens (primary N) is 1. The molecule has 4 N–H and O–H groups in total. The average molecular weight is 180 g/mol. The molecule has 0 fully saturated rings. The SMILES string of the molecule is Cc1cccc(N)c1NCC(=O)O. The Morgan fingerprint density at radius 1 is 1.62 bits per heavy atom. The highest BCUT2D eigenvalue weighted by molar-refractivity contribution is 5.77. The van der Waals surface area contributed by atoms with Crippen molar-refractivity contribution in [3.05, 3.63) is 23.8 Å². The van der Waals surface area contributed by atoms with Gasteiger partial charge in [-0.3, -0.25) is 4.79 Å². The van der Waals surface area contributed by atoms with E-state index in [0.717, 1.165) is 5.56 Å². The van der Waals surface area contributed by atoms with E-state index in [-0.39, 0.29) is 6.54 Å². The molecule has 4 heteroatoms. The summed E-state index contributed by atoms with van der Waals surface area (Å²) in [5, 5.41) is 11.2. The Balaban J connectivity index is 2.81. The van der Waals surface area contributed by atoms with Crippen molar-refractivity contribution in [3.8, 4) is 0 Å². The summed E-state index contributed by atoms with van der Waals surface area (Å²) in [4.78, 5) is 10.3. The predicted molar refractivity (Wildman–Crippen MR) is 51.7 cm³/mol. The molecule has 1 aromatic carbocycles. The van der Waals surface area contributed by atoms with Gasteiger partial charge in [-0.1, -0.05) is 12.1 Å². The fraction of sp³-hybridized carbons (Fsp3) is 0.222. The predicted octanol–water partition coefficient (Wildman–Crippen LogP) is 1.07. The lowest BCUT2D eigenvalue weighted by Gasteiger charge is -2.09. The zero-order valence-electron chi connectivity index (χ0n) is 7.37. The van der Waals surface area contributed by atoms with Gasteiger partial charge in [0, 0.05) is 0 Å². The number of carboxylic acid groups (broad SMARTS) is 1. The van der Waals surface area contributed by atoms with Gasteiger partial charge in [0.2, 0.25) is 0 Å². The minimum Gasteiger partial charge on any atom is -0.480 e. The van der Waals surface area contributed by atoms with E-state index >= 15 is 0 Å². The van der Waals surface area contributed by atoms with Crippen LogP contribution in [0.5, 0.6) is 0 Å². The van der Waals surface area contributed by atoms with Crippen LogP contribution < -0.4 is 11.1 Å². The highest BCUT2D eigenvalue weighted by Gasteiger charge is 2.03. The molecule has 0 saturated carbocycles. The number of para-hydroxylation sites is 1. The van der Waals surface area contributed by atoms with Crippen LogP contribution in [0.25, 0.3) is 0 Å². The van der Waals surface area contributed by atoms with Crippen molar-refractivity contribution in [1.82, 2.24) is 0 Å². The maximum atomic E-state index is 10.3. The minimum atomic E-state index is -0.900. The van der Waals surface area contributed by atoms with E-state index in [2.05, 4.69) is 5.32 Å². The molecule has 0 aliphatic heterocycles. The van der Waals surface area contributed by atoms with E-state index in [1.54, 1.807) is 6.07 Å². The van der Waals surface area contributed by atoms with E-state index in [9.17, 15) is 4.79 Å². The summed E-state index contributed by atoms with van der Waals surface area (Å²) in [5.74, 6) is -0.900. The molecule has 1 rings (SSSR count). The highest BCUT2D eigenvalue weighted by Crippen LogP contribution is 2.21. The van der Waals surface area contributed by atoms with Crippen LogP contribution >= 0.6 is 0 Å². The van der Waals surface area contributed by atoms with Crippen LogP contribution in [0.1, 0.15) is 5.56 Å². The number of carbonyl (C=O) groups is 1. The smallest absolute Gasteiger partial charge is 0.322 e. The second-order valence-corrected chi connectivity index (χ2v) is 2.79.